The number of likely N-dealkylation sites (N-methyl/N-ethyl adjacent to an activating group) is 1. The molecule has 5 nitrogen and oxygen atoms in total. The van der Waals surface area contributed by atoms with Crippen molar-refractivity contribution in [2.75, 3.05) is 13.1 Å². The number of fused-ring (bicyclic) bond motifs is 1. The van der Waals surface area contributed by atoms with Crippen LogP contribution in [0.3, 0.4) is 0 Å². The SMILES string of the molecule is CCN1CC(c2nc(-c3sc4ccccc4c3Cl)no2)CC1=O. The quantitative estimate of drug-likeness (QED) is 0.720. The highest BCUT2D eigenvalue weighted by Crippen LogP contribution is 2.41. The Bertz CT molecular complexity index is 888. The van der Waals surface area contributed by atoms with Gasteiger partial charge in [-0.05, 0) is 13.0 Å². The molecule has 1 aliphatic heterocycles. The summed E-state index contributed by atoms with van der Waals surface area (Å²) in [6.07, 6.45) is 0.426. The van der Waals surface area contributed by atoms with Crippen LogP contribution in [0.1, 0.15) is 25.2 Å². The van der Waals surface area contributed by atoms with E-state index in [9.17, 15) is 4.79 Å². The molecule has 1 amide bonds. The summed E-state index contributed by atoms with van der Waals surface area (Å²) in [5, 5.41) is 5.72. The zero-order chi connectivity index (χ0) is 16.0. The summed E-state index contributed by atoms with van der Waals surface area (Å²) >= 11 is 8.00. The molecule has 7 heteroatoms. The number of thiophene rings is 1. The molecule has 0 saturated carbocycles. The van der Waals surface area contributed by atoms with Gasteiger partial charge in [-0.25, -0.2) is 0 Å². The lowest BCUT2D eigenvalue weighted by Gasteiger charge is -2.11. The summed E-state index contributed by atoms with van der Waals surface area (Å²) in [6, 6.07) is 7.93. The molecule has 3 heterocycles. The van der Waals surface area contributed by atoms with Crippen molar-refractivity contribution in [2.45, 2.75) is 19.3 Å². The molecule has 4 rings (SSSR count). The number of hydrogen-bond acceptors (Lipinski definition) is 5. The number of amides is 1. The van der Waals surface area contributed by atoms with Crippen molar-refractivity contribution in [2.24, 2.45) is 0 Å². The molecule has 1 atom stereocenters. The summed E-state index contributed by atoms with van der Waals surface area (Å²) in [5.41, 5.74) is 0. The third kappa shape index (κ3) is 2.42. The molecular weight excluding hydrogens is 334 g/mol. The van der Waals surface area contributed by atoms with Gasteiger partial charge in [-0.2, -0.15) is 4.98 Å². The molecule has 0 aliphatic carbocycles. The Morgan fingerprint density at radius 2 is 2.26 bits per heavy atom. The van der Waals surface area contributed by atoms with Crippen LogP contribution < -0.4 is 0 Å². The summed E-state index contributed by atoms with van der Waals surface area (Å²) in [4.78, 5) is 19.0. The summed E-state index contributed by atoms with van der Waals surface area (Å²) in [5.74, 6) is 1.11. The van der Waals surface area contributed by atoms with Crippen LogP contribution in [0.15, 0.2) is 28.8 Å². The fourth-order valence-corrected chi connectivity index (χ4v) is 4.34. The van der Waals surface area contributed by atoms with Gasteiger partial charge in [0.05, 0.1) is 15.8 Å². The van der Waals surface area contributed by atoms with Crippen molar-refractivity contribution in [1.82, 2.24) is 15.0 Å². The largest absolute Gasteiger partial charge is 0.342 e. The molecule has 2 aromatic heterocycles. The minimum absolute atomic E-state index is 0.0307. The molecule has 0 N–H and O–H groups in total. The van der Waals surface area contributed by atoms with E-state index in [-0.39, 0.29) is 11.8 Å². The van der Waals surface area contributed by atoms with Crippen LogP contribution in [0.25, 0.3) is 20.8 Å². The number of benzene rings is 1. The maximum absolute atomic E-state index is 11.9. The predicted octanol–water partition coefficient (Wildman–Crippen LogP) is 3.94. The van der Waals surface area contributed by atoms with E-state index in [1.165, 1.54) is 0 Å². The van der Waals surface area contributed by atoms with Gasteiger partial charge in [-0.1, -0.05) is 35.0 Å². The lowest BCUT2D eigenvalue weighted by atomic mass is 10.1. The molecule has 1 aromatic carbocycles. The monoisotopic (exact) mass is 347 g/mol. The van der Waals surface area contributed by atoms with Gasteiger partial charge >= 0.3 is 0 Å². The highest BCUT2D eigenvalue weighted by atomic mass is 35.5. The van der Waals surface area contributed by atoms with Crippen molar-refractivity contribution >= 4 is 38.9 Å². The fourth-order valence-electron chi connectivity index (χ4n) is 2.89. The van der Waals surface area contributed by atoms with Gasteiger partial charge in [0.1, 0.15) is 0 Å². The maximum atomic E-state index is 11.9. The first-order valence-corrected chi connectivity index (χ1v) is 8.65. The van der Waals surface area contributed by atoms with Crippen molar-refractivity contribution in [3.8, 4) is 10.7 Å². The summed E-state index contributed by atoms with van der Waals surface area (Å²) in [7, 11) is 0. The van der Waals surface area contributed by atoms with Crippen LogP contribution >= 0.6 is 22.9 Å². The zero-order valence-electron chi connectivity index (χ0n) is 12.5. The third-order valence-electron chi connectivity index (χ3n) is 4.13. The molecule has 1 aliphatic rings. The van der Waals surface area contributed by atoms with Crippen LogP contribution in [-0.4, -0.2) is 34.0 Å². The topological polar surface area (TPSA) is 59.2 Å². The van der Waals surface area contributed by atoms with Gasteiger partial charge in [-0.15, -0.1) is 11.3 Å². The number of aromatic nitrogens is 2. The highest BCUT2D eigenvalue weighted by molar-refractivity contribution is 7.23. The minimum Gasteiger partial charge on any atom is -0.342 e. The number of carbonyl (C=O) groups is 1. The number of carbonyl (C=O) groups excluding carboxylic acids is 1. The normalized spacial score (nSPS) is 18.3. The zero-order valence-corrected chi connectivity index (χ0v) is 14.0. The van der Waals surface area contributed by atoms with E-state index in [0.29, 0.717) is 36.2 Å². The van der Waals surface area contributed by atoms with Crippen LogP contribution in [0.2, 0.25) is 5.02 Å². The molecule has 1 saturated heterocycles. The second-order valence-electron chi connectivity index (χ2n) is 5.53. The smallest absolute Gasteiger partial charge is 0.232 e. The average molecular weight is 348 g/mol. The number of rotatable bonds is 3. The van der Waals surface area contributed by atoms with E-state index in [4.69, 9.17) is 16.1 Å². The Kier molecular flexibility index (Phi) is 3.58. The molecule has 0 spiro atoms. The van der Waals surface area contributed by atoms with Gasteiger partial charge < -0.3 is 9.42 Å². The molecule has 1 fully saturated rings. The second-order valence-corrected chi connectivity index (χ2v) is 6.96. The van der Waals surface area contributed by atoms with E-state index >= 15 is 0 Å². The van der Waals surface area contributed by atoms with Gasteiger partial charge in [-0.3, -0.25) is 4.79 Å². The van der Waals surface area contributed by atoms with Gasteiger partial charge in [0.2, 0.25) is 17.6 Å². The maximum Gasteiger partial charge on any atom is 0.232 e. The first-order chi connectivity index (χ1) is 11.2. The fraction of sp³-hybridized carbons (Fsp3) is 0.312. The Morgan fingerprint density at radius 3 is 3.00 bits per heavy atom. The first kappa shape index (κ1) is 14.7. The van der Waals surface area contributed by atoms with Crippen molar-refractivity contribution in [1.29, 1.82) is 0 Å². The Labute approximate surface area is 141 Å². The van der Waals surface area contributed by atoms with Crippen molar-refractivity contribution in [3.05, 3.63) is 35.2 Å². The van der Waals surface area contributed by atoms with Gasteiger partial charge in [0.15, 0.2) is 0 Å². The summed E-state index contributed by atoms with van der Waals surface area (Å²) in [6.45, 7) is 3.31. The minimum atomic E-state index is -0.0307. The number of halogens is 1. The Hall–Kier alpha value is -1.92. The lowest BCUT2D eigenvalue weighted by Crippen LogP contribution is -2.24. The molecule has 0 radical (unpaired) electrons. The van der Waals surface area contributed by atoms with Crippen molar-refractivity contribution in [3.63, 3.8) is 0 Å². The van der Waals surface area contributed by atoms with E-state index < -0.39 is 0 Å². The molecule has 1 unspecified atom stereocenters. The van der Waals surface area contributed by atoms with Crippen LogP contribution in [-0.2, 0) is 4.79 Å². The number of nitrogens with zero attached hydrogens (tertiary/aromatic N) is 3. The van der Waals surface area contributed by atoms with Crippen molar-refractivity contribution < 1.29 is 9.32 Å². The predicted molar refractivity (Wildman–Crippen MR) is 89.7 cm³/mol. The molecule has 118 valence electrons. The second kappa shape index (κ2) is 5.62. The molecule has 3 aromatic rings. The average Bonchev–Trinajstić information content (AvgIpc) is 3.25. The van der Waals surface area contributed by atoms with Crippen LogP contribution in [0.5, 0.6) is 0 Å². The molecule has 23 heavy (non-hydrogen) atoms. The third-order valence-corrected chi connectivity index (χ3v) is 5.80. The number of hydrogen-bond donors (Lipinski definition) is 0. The van der Waals surface area contributed by atoms with E-state index in [2.05, 4.69) is 10.1 Å². The molecule has 0 bridgehead atoms. The van der Waals surface area contributed by atoms with E-state index in [1.807, 2.05) is 31.2 Å². The van der Waals surface area contributed by atoms with Crippen LogP contribution in [0.4, 0.5) is 0 Å². The van der Waals surface area contributed by atoms with Crippen LogP contribution in [0, 0.1) is 0 Å². The standard InChI is InChI=1S/C16H14ClN3O2S/c1-2-20-8-9(7-12(20)21)16-18-15(19-22-16)14-13(17)10-5-3-4-6-11(10)23-14/h3-6,9H,2,7-8H2,1H3. The Balaban J connectivity index is 1.67. The van der Waals surface area contributed by atoms with E-state index in [1.54, 1.807) is 16.2 Å². The Morgan fingerprint density at radius 1 is 1.43 bits per heavy atom. The van der Waals surface area contributed by atoms with E-state index in [0.717, 1.165) is 15.0 Å². The number of likely N-dealkylation sites (tertiary alicyclic amines) is 1. The lowest BCUT2D eigenvalue weighted by molar-refractivity contribution is -0.127. The first-order valence-electron chi connectivity index (χ1n) is 7.46. The van der Waals surface area contributed by atoms with Gasteiger partial charge in [0, 0.05) is 29.6 Å². The summed E-state index contributed by atoms with van der Waals surface area (Å²) < 4.78 is 6.49. The van der Waals surface area contributed by atoms with Gasteiger partial charge in [0.25, 0.3) is 0 Å². The highest BCUT2D eigenvalue weighted by Gasteiger charge is 2.33. The molecular formula is C16H14ClN3O2S.